The van der Waals surface area contributed by atoms with Gasteiger partial charge < -0.3 is 24.0 Å². The summed E-state index contributed by atoms with van der Waals surface area (Å²) >= 11 is 0. The Morgan fingerprint density at radius 1 is 1.19 bits per heavy atom. The number of carbonyl (C=O) groups is 1. The molecule has 2 aromatic heterocycles. The standard InChI is InChI=1S/C32H41F2N6O7P/c1-19(27(41)44-16-30(3,4)5)38-48(43,47-23-15-11-13-21-12-9-10-14-22(21)23)45-17-32(34)28(42)31(6,33)29(46-32)40-18-35-24-25(39(7)8)36-20(2)37-26(24)40/h9-15,18-19,28-29,42H,16-17H2,1-8H3,(H,38,43)/t19-,28-,29+,31+,32+,48-/m0/s1. The molecule has 1 fully saturated rings. The number of fused-ring (bicyclic) bond motifs is 2. The smallest absolute Gasteiger partial charge is 0.459 e. The van der Waals surface area contributed by atoms with Crippen molar-refractivity contribution in [3.8, 4) is 5.75 Å². The van der Waals surface area contributed by atoms with E-state index in [1.807, 2.05) is 39.0 Å². The van der Waals surface area contributed by atoms with Gasteiger partial charge in [0.1, 0.15) is 24.2 Å². The van der Waals surface area contributed by atoms with Crippen LogP contribution in [-0.2, 0) is 23.4 Å². The molecule has 3 heterocycles. The number of halogens is 2. The van der Waals surface area contributed by atoms with Gasteiger partial charge in [0.2, 0.25) is 0 Å². The van der Waals surface area contributed by atoms with Crippen LogP contribution >= 0.6 is 7.75 Å². The largest absolute Gasteiger partial charge is 0.464 e. The van der Waals surface area contributed by atoms with Gasteiger partial charge in [-0.2, -0.15) is 5.09 Å². The molecule has 4 aromatic rings. The zero-order chi connectivity index (χ0) is 35.2. The number of nitrogens with one attached hydrogen (secondary N) is 1. The van der Waals surface area contributed by atoms with Crippen molar-refractivity contribution in [2.45, 2.75) is 71.4 Å². The highest BCUT2D eigenvalue weighted by Gasteiger charge is 2.65. The minimum Gasteiger partial charge on any atom is -0.464 e. The first kappa shape index (κ1) is 35.6. The van der Waals surface area contributed by atoms with Crippen LogP contribution < -0.4 is 14.5 Å². The van der Waals surface area contributed by atoms with Gasteiger partial charge in [-0.05, 0) is 37.6 Å². The van der Waals surface area contributed by atoms with Crippen molar-refractivity contribution in [1.29, 1.82) is 0 Å². The lowest BCUT2D eigenvalue weighted by molar-refractivity contribution is -0.202. The van der Waals surface area contributed by atoms with Crippen molar-refractivity contribution in [2.75, 3.05) is 32.2 Å². The Morgan fingerprint density at radius 2 is 1.88 bits per heavy atom. The lowest BCUT2D eigenvalue weighted by atomic mass is 9.97. The van der Waals surface area contributed by atoms with Gasteiger partial charge in [-0.3, -0.25) is 13.9 Å². The molecule has 260 valence electrons. The normalized spacial score (nSPS) is 24.8. The monoisotopic (exact) mass is 690 g/mol. The molecule has 0 bridgehead atoms. The van der Waals surface area contributed by atoms with Gasteiger partial charge in [-0.15, -0.1) is 0 Å². The van der Waals surface area contributed by atoms with E-state index in [2.05, 4.69) is 20.0 Å². The summed E-state index contributed by atoms with van der Waals surface area (Å²) in [5.74, 6) is -3.12. The minimum absolute atomic E-state index is 0.0701. The molecular formula is C32H41F2N6O7P. The lowest BCUT2D eigenvalue weighted by Gasteiger charge is -2.28. The van der Waals surface area contributed by atoms with Gasteiger partial charge in [0, 0.05) is 19.5 Å². The van der Waals surface area contributed by atoms with E-state index in [0.29, 0.717) is 22.5 Å². The highest BCUT2D eigenvalue weighted by Crippen LogP contribution is 2.52. The number of aromatic nitrogens is 4. The maximum absolute atomic E-state index is 16.6. The van der Waals surface area contributed by atoms with Crippen molar-refractivity contribution >= 4 is 41.5 Å². The van der Waals surface area contributed by atoms with Crippen molar-refractivity contribution in [3.63, 3.8) is 0 Å². The topological polar surface area (TPSA) is 150 Å². The van der Waals surface area contributed by atoms with Crippen LogP contribution in [0.15, 0.2) is 48.8 Å². The molecule has 1 aliphatic heterocycles. The summed E-state index contributed by atoms with van der Waals surface area (Å²) in [5, 5.41) is 14.8. The summed E-state index contributed by atoms with van der Waals surface area (Å²) < 4.78 is 70.7. The molecule has 0 spiro atoms. The maximum atomic E-state index is 16.6. The number of esters is 1. The zero-order valence-corrected chi connectivity index (χ0v) is 29.0. The van der Waals surface area contributed by atoms with Crippen LogP contribution in [0.25, 0.3) is 21.9 Å². The molecule has 6 atom stereocenters. The Bertz CT molecular complexity index is 1860. The van der Waals surface area contributed by atoms with Crippen molar-refractivity contribution in [2.24, 2.45) is 5.41 Å². The molecule has 0 aliphatic carbocycles. The second-order valence-electron chi connectivity index (χ2n) is 13.5. The van der Waals surface area contributed by atoms with E-state index < -0.39 is 50.2 Å². The van der Waals surface area contributed by atoms with E-state index in [4.69, 9.17) is 18.5 Å². The van der Waals surface area contributed by atoms with Crippen LogP contribution in [0.3, 0.4) is 0 Å². The molecule has 2 N–H and O–H groups in total. The van der Waals surface area contributed by atoms with E-state index in [-0.39, 0.29) is 23.4 Å². The Balaban J connectivity index is 1.45. The zero-order valence-electron chi connectivity index (χ0n) is 28.1. The fourth-order valence-electron chi connectivity index (χ4n) is 5.22. The highest BCUT2D eigenvalue weighted by atomic mass is 31.2. The van der Waals surface area contributed by atoms with E-state index >= 15 is 8.78 Å². The van der Waals surface area contributed by atoms with Crippen LogP contribution in [0.1, 0.15) is 46.7 Å². The summed E-state index contributed by atoms with van der Waals surface area (Å²) in [6, 6.07) is 10.8. The molecule has 1 aliphatic rings. The fourth-order valence-corrected chi connectivity index (χ4v) is 6.75. The van der Waals surface area contributed by atoms with E-state index in [1.165, 1.54) is 23.9 Å². The average Bonchev–Trinajstić information content (AvgIpc) is 3.50. The molecule has 0 amide bonds. The number of alkyl halides is 2. The molecular weight excluding hydrogens is 649 g/mol. The van der Waals surface area contributed by atoms with Crippen LogP contribution in [0.2, 0.25) is 0 Å². The summed E-state index contributed by atoms with van der Waals surface area (Å²) in [6.07, 6.45) is -2.98. The number of ether oxygens (including phenoxy) is 2. The van der Waals surface area contributed by atoms with Crippen molar-refractivity contribution in [1.82, 2.24) is 24.6 Å². The first-order valence-electron chi connectivity index (χ1n) is 15.3. The summed E-state index contributed by atoms with van der Waals surface area (Å²) in [4.78, 5) is 27.6. The Hall–Kier alpha value is -3.75. The number of aliphatic hydroxyl groups is 1. The van der Waals surface area contributed by atoms with Gasteiger partial charge >= 0.3 is 13.7 Å². The van der Waals surface area contributed by atoms with Crippen LogP contribution in [0.4, 0.5) is 14.6 Å². The number of hydrogen-bond acceptors (Lipinski definition) is 11. The summed E-state index contributed by atoms with van der Waals surface area (Å²) in [7, 11) is -1.18. The first-order valence-corrected chi connectivity index (χ1v) is 16.9. The molecule has 48 heavy (non-hydrogen) atoms. The van der Waals surface area contributed by atoms with E-state index in [1.54, 1.807) is 44.1 Å². The number of nitrogens with zero attached hydrogens (tertiary/aromatic N) is 5. The van der Waals surface area contributed by atoms with Crippen LogP contribution in [0.5, 0.6) is 5.75 Å². The highest BCUT2D eigenvalue weighted by molar-refractivity contribution is 7.52. The van der Waals surface area contributed by atoms with Gasteiger partial charge in [-0.25, -0.2) is 28.3 Å². The van der Waals surface area contributed by atoms with Crippen LogP contribution in [-0.4, -0.2) is 81.6 Å². The van der Waals surface area contributed by atoms with Crippen LogP contribution in [0, 0.1) is 12.3 Å². The van der Waals surface area contributed by atoms with Gasteiger partial charge in [0.15, 0.2) is 35.0 Å². The second-order valence-corrected chi connectivity index (χ2v) is 15.2. The first-order chi connectivity index (χ1) is 22.3. The number of hydrogen-bond donors (Lipinski definition) is 2. The van der Waals surface area contributed by atoms with Gasteiger partial charge in [-0.1, -0.05) is 57.2 Å². The third kappa shape index (κ3) is 7.15. The third-order valence-corrected chi connectivity index (χ3v) is 9.29. The molecule has 1 saturated heterocycles. The molecule has 0 radical (unpaired) electrons. The lowest BCUT2D eigenvalue weighted by Crippen LogP contribution is -2.47. The Morgan fingerprint density at radius 3 is 2.56 bits per heavy atom. The molecule has 2 aromatic carbocycles. The average molecular weight is 691 g/mol. The maximum Gasteiger partial charge on any atom is 0.459 e. The minimum atomic E-state index is -4.68. The molecule has 16 heteroatoms. The SMILES string of the molecule is Cc1nc(N(C)C)c2ncn([C@@H]3O[C@](F)(CO[P@@](=O)(N[C@@H](C)C(=O)OCC(C)(C)C)Oc4cccc5ccccc45)[C@@H](O)[C@@]3(C)F)c2n1. The second kappa shape index (κ2) is 12.9. The molecule has 13 nitrogen and oxygen atoms in total. The quantitative estimate of drug-likeness (QED) is 0.153. The molecule has 0 unspecified atom stereocenters. The van der Waals surface area contributed by atoms with E-state index in [0.717, 1.165) is 12.3 Å². The van der Waals surface area contributed by atoms with E-state index in [9.17, 15) is 14.5 Å². The number of aryl methyl sites for hydroxylation is 1. The fraction of sp³-hybridized carbons (Fsp3) is 0.500. The number of rotatable bonds is 11. The predicted octanol–water partition coefficient (Wildman–Crippen LogP) is 5.41. The Labute approximate surface area is 277 Å². The van der Waals surface area contributed by atoms with Gasteiger partial charge in [0.25, 0.3) is 5.85 Å². The number of aliphatic hydroxyl groups excluding tert-OH is 1. The number of anilines is 1. The van der Waals surface area contributed by atoms with Gasteiger partial charge in [0.05, 0.1) is 12.9 Å². The summed E-state index contributed by atoms with van der Waals surface area (Å²) in [5.41, 5.74) is -2.65. The predicted molar refractivity (Wildman–Crippen MR) is 175 cm³/mol. The third-order valence-electron chi connectivity index (χ3n) is 7.68. The summed E-state index contributed by atoms with van der Waals surface area (Å²) in [6.45, 7) is 8.41. The van der Waals surface area contributed by atoms with Crippen molar-refractivity contribution in [3.05, 3.63) is 54.6 Å². The number of imidazole rings is 1. The molecule has 0 saturated carbocycles. The number of benzene rings is 2. The van der Waals surface area contributed by atoms with Crippen molar-refractivity contribution < 1.29 is 41.8 Å². The Kier molecular flexibility index (Phi) is 9.58. The number of carbonyl (C=O) groups excluding carboxylic acids is 1. The molecule has 5 rings (SSSR count).